The number of hydrogen-bond acceptors (Lipinski definition) is 7. The molecule has 2 aliphatic rings. The van der Waals surface area contributed by atoms with E-state index in [0.717, 1.165) is 12.8 Å². The lowest BCUT2D eigenvalue weighted by atomic mass is 10.0. The van der Waals surface area contributed by atoms with Gasteiger partial charge in [-0.05, 0) is 38.5 Å². The third-order valence-electron chi connectivity index (χ3n) is 5.05. The largest absolute Gasteiger partial charge is 0.371 e. The highest BCUT2D eigenvalue weighted by molar-refractivity contribution is 7.89. The van der Waals surface area contributed by atoms with E-state index >= 15 is 0 Å². The van der Waals surface area contributed by atoms with Crippen LogP contribution in [-0.2, 0) is 27.9 Å². The number of ether oxygens (including phenoxy) is 1. The van der Waals surface area contributed by atoms with E-state index in [9.17, 15) is 8.42 Å². The van der Waals surface area contributed by atoms with Crippen molar-refractivity contribution in [2.24, 2.45) is 5.92 Å². The normalized spacial score (nSPS) is 21.6. The van der Waals surface area contributed by atoms with E-state index in [-0.39, 0.29) is 11.5 Å². The average Bonchev–Trinajstić information content (AvgIpc) is 3.18. The van der Waals surface area contributed by atoms with Crippen LogP contribution >= 0.6 is 0 Å². The minimum absolute atomic E-state index is 0.202. The molecular formula is C17H25N5O4S. The summed E-state index contributed by atoms with van der Waals surface area (Å²) in [4.78, 5) is 4.60. The van der Waals surface area contributed by atoms with Crippen LogP contribution in [0.25, 0.3) is 0 Å². The van der Waals surface area contributed by atoms with Crippen molar-refractivity contribution in [1.29, 1.82) is 0 Å². The number of hydrogen-bond donors (Lipinski definition) is 0. The minimum Gasteiger partial charge on any atom is -0.371 e. The van der Waals surface area contributed by atoms with E-state index in [1.54, 1.807) is 10.9 Å². The molecule has 2 fully saturated rings. The summed E-state index contributed by atoms with van der Waals surface area (Å²) in [5.41, 5.74) is 0. The van der Waals surface area contributed by atoms with Crippen LogP contribution in [0.2, 0.25) is 0 Å². The van der Waals surface area contributed by atoms with Gasteiger partial charge in [0.25, 0.3) is 5.89 Å². The van der Waals surface area contributed by atoms with Crippen LogP contribution in [0.4, 0.5) is 0 Å². The average molecular weight is 395 g/mol. The van der Waals surface area contributed by atoms with Crippen molar-refractivity contribution < 1.29 is 17.7 Å². The van der Waals surface area contributed by atoms with Crippen LogP contribution in [0.5, 0.6) is 0 Å². The lowest BCUT2D eigenvalue weighted by molar-refractivity contribution is 0.0894. The Bertz CT molecular complexity index is 874. The Hall–Kier alpha value is -1.78. The third kappa shape index (κ3) is 4.07. The molecule has 1 aliphatic carbocycles. The van der Waals surface area contributed by atoms with Crippen LogP contribution in [-0.4, -0.2) is 45.8 Å². The molecule has 0 bridgehead atoms. The summed E-state index contributed by atoms with van der Waals surface area (Å²) in [7, 11) is -3.66. The lowest BCUT2D eigenvalue weighted by Crippen LogP contribution is -2.38. The zero-order valence-electron chi connectivity index (χ0n) is 15.5. The predicted molar refractivity (Wildman–Crippen MR) is 95.1 cm³/mol. The SMILES string of the molecule is CCn1cc(S(=O)(=O)N2CCCCC2c2noc(COCC3CC3)n2)cn1. The molecule has 1 aliphatic heterocycles. The third-order valence-corrected chi connectivity index (χ3v) is 6.91. The molecule has 0 N–H and O–H groups in total. The van der Waals surface area contributed by atoms with Gasteiger partial charge in [-0.25, -0.2) is 8.42 Å². The molecule has 1 saturated carbocycles. The molecule has 0 amide bonds. The molecule has 1 unspecified atom stereocenters. The topological polar surface area (TPSA) is 103 Å². The molecule has 27 heavy (non-hydrogen) atoms. The molecule has 2 aromatic heterocycles. The van der Waals surface area contributed by atoms with Crippen molar-refractivity contribution in [2.75, 3.05) is 13.2 Å². The Kier molecular flexibility index (Phi) is 5.29. The fourth-order valence-electron chi connectivity index (χ4n) is 3.30. The first-order valence-electron chi connectivity index (χ1n) is 9.52. The van der Waals surface area contributed by atoms with E-state index in [4.69, 9.17) is 9.26 Å². The number of sulfonamides is 1. The first kappa shape index (κ1) is 18.6. The van der Waals surface area contributed by atoms with Crippen molar-refractivity contribution in [2.45, 2.75) is 63.1 Å². The van der Waals surface area contributed by atoms with Crippen LogP contribution < -0.4 is 0 Å². The van der Waals surface area contributed by atoms with Crippen molar-refractivity contribution in [3.05, 3.63) is 24.1 Å². The van der Waals surface area contributed by atoms with Gasteiger partial charge in [0, 0.05) is 19.3 Å². The fourth-order valence-corrected chi connectivity index (χ4v) is 4.91. The summed E-state index contributed by atoms with van der Waals surface area (Å²) in [6, 6.07) is -0.422. The first-order chi connectivity index (χ1) is 13.1. The maximum Gasteiger partial charge on any atom is 0.252 e. The minimum atomic E-state index is -3.66. The Morgan fingerprint density at radius 3 is 2.89 bits per heavy atom. The van der Waals surface area contributed by atoms with Crippen LogP contribution in [0.15, 0.2) is 21.8 Å². The quantitative estimate of drug-likeness (QED) is 0.674. The molecule has 2 aromatic rings. The van der Waals surface area contributed by atoms with Gasteiger partial charge in [0.15, 0.2) is 5.82 Å². The van der Waals surface area contributed by atoms with E-state index in [0.29, 0.717) is 43.8 Å². The standard InChI is InChI=1S/C17H25N5O4S/c1-2-21-10-14(9-18-21)27(23,24)22-8-4-3-5-15(22)17-19-16(26-20-17)12-25-11-13-6-7-13/h9-10,13,15H,2-8,11-12H2,1H3. The molecular weight excluding hydrogens is 370 g/mol. The molecule has 1 saturated heterocycles. The summed E-state index contributed by atoms with van der Waals surface area (Å²) in [6.45, 7) is 3.95. The van der Waals surface area contributed by atoms with Gasteiger partial charge in [-0.15, -0.1) is 0 Å². The maximum atomic E-state index is 13.1. The Balaban J connectivity index is 1.50. The number of piperidine rings is 1. The molecule has 3 heterocycles. The number of aromatic nitrogens is 4. The second-order valence-corrected chi connectivity index (χ2v) is 9.05. The van der Waals surface area contributed by atoms with Gasteiger partial charge in [0.05, 0.1) is 18.8 Å². The highest BCUT2D eigenvalue weighted by Crippen LogP contribution is 2.34. The number of rotatable bonds is 8. The predicted octanol–water partition coefficient (Wildman–Crippen LogP) is 2.13. The van der Waals surface area contributed by atoms with Gasteiger partial charge in [0.2, 0.25) is 10.0 Å². The molecule has 10 heteroatoms. The zero-order chi connectivity index (χ0) is 18.9. The number of nitrogens with zero attached hydrogens (tertiary/aromatic N) is 5. The summed E-state index contributed by atoms with van der Waals surface area (Å²) in [6.07, 6.45) is 7.81. The van der Waals surface area contributed by atoms with Crippen LogP contribution in [0.3, 0.4) is 0 Å². The van der Waals surface area contributed by atoms with Crippen molar-refractivity contribution in [3.8, 4) is 0 Å². The molecule has 4 rings (SSSR count). The first-order valence-corrected chi connectivity index (χ1v) is 11.0. The Labute approximate surface area is 158 Å². The number of aryl methyl sites for hydroxylation is 1. The molecule has 1 atom stereocenters. The maximum absolute atomic E-state index is 13.1. The molecule has 0 spiro atoms. The summed E-state index contributed by atoms with van der Waals surface area (Å²) >= 11 is 0. The van der Waals surface area contributed by atoms with Gasteiger partial charge < -0.3 is 9.26 Å². The molecule has 0 radical (unpaired) electrons. The fraction of sp³-hybridized carbons (Fsp3) is 0.706. The Morgan fingerprint density at radius 1 is 1.30 bits per heavy atom. The molecule has 148 valence electrons. The van der Waals surface area contributed by atoms with Gasteiger partial charge in [-0.1, -0.05) is 11.6 Å². The van der Waals surface area contributed by atoms with Crippen molar-refractivity contribution in [3.63, 3.8) is 0 Å². The zero-order valence-corrected chi connectivity index (χ0v) is 16.3. The smallest absolute Gasteiger partial charge is 0.252 e. The van der Waals surface area contributed by atoms with Crippen LogP contribution in [0, 0.1) is 5.92 Å². The van der Waals surface area contributed by atoms with Gasteiger partial charge >= 0.3 is 0 Å². The summed E-state index contributed by atoms with van der Waals surface area (Å²) in [5, 5.41) is 8.13. The lowest BCUT2D eigenvalue weighted by Gasteiger charge is -2.32. The highest BCUT2D eigenvalue weighted by Gasteiger charge is 2.37. The monoisotopic (exact) mass is 395 g/mol. The van der Waals surface area contributed by atoms with Crippen molar-refractivity contribution >= 4 is 10.0 Å². The second kappa shape index (κ2) is 7.69. The van der Waals surface area contributed by atoms with E-state index in [1.807, 2.05) is 6.92 Å². The van der Waals surface area contributed by atoms with Gasteiger partial charge in [-0.3, -0.25) is 4.68 Å². The van der Waals surface area contributed by atoms with Gasteiger partial charge in [0.1, 0.15) is 11.5 Å². The summed E-state index contributed by atoms with van der Waals surface area (Å²) in [5.74, 6) is 1.47. The summed E-state index contributed by atoms with van der Waals surface area (Å²) < 4.78 is 40.2. The van der Waals surface area contributed by atoms with E-state index in [1.165, 1.54) is 23.3 Å². The molecule has 9 nitrogen and oxygen atoms in total. The second-order valence-electron chi connectivity index (χ2n) is 7.16. The Morgan fingerprint density at radius 2 is 2.15 bits per heavy atom. The van der Waals surface area contributed by atoms with E-state index in [2.05, 4.69) is 15.2 Å². The van der Waals surface area contributed by atoms with Gasteiger partial charge in [-0.2, -0.15) is 14.4 Å². The van der Waals surface area contributed by atoms with Crippen molar-refractivity contribution in [1.82, 2.24) is 24.2 Å². The van der Waals surface area contributed by atoms with E-state index < -0.39 is 16.1 Å². The van der Waals surface area contributed by atoms with Crippen LogP contribution in [0.1, 0.15) is 56.8 Å². The molecule has 0 aromatic carbocycles. The highest BCUT2D eigenvalue weighted by atomic mass is 32.2.